The zero-order chi connectivity index (χ0) is 16.1. The van der Waals surface area contributed by atoms with Gasteiger partial charge in [-0.1, -0.05) is 19.3 Å². The fourth-order valence-electron chi connectivity index (χ4n) is 2.74. The number of hydrogen-bond acceptors (Lipinski definition) is 4. The molecule has 0 radical (unpaired) electrons. The summed E-state index contributed by atoms with van der Waals surface area (Å²) in [6, 6.07) is 4.09. The van der Waals surface area contributed by atoms with E-state index in [1.54, 1.807) is 11.9 Å². The number of rotatable bonds is 4. The molecule has 0 heterocycles. The van der Waals surface area contributed by atoms with Crippen LogP contribution in [0.3, 0.4) is 0 Å². The molecule has 22 heavy (non-hydrogen) atoms. The first-order chi connectivity index (χ1) is 10.5. The van der Waals surface area contributed by atoms with E-state index in [0.717, 1.165) is 25.7 Å². The number of nitrogens with one attached hydrogen (secondary N) is 1. The minimum absolute atomic E-state index is 0.0866. The Kier molecular flexibility index (Phi) is 5.19. The Balaban J connectivity index is 2.12. The van der Waals surface area contributed by atoms with Crippen molar-refractivity contribution < 1.29 is 14.5 Å². The van der Waals surface area contributed by atoms with Crippen LogP contribution in [0.5, 0.6) is 5.75 Å². The highest BCUT2D eigenvalue weighted by Crippen LogP contribution is 2.29. The van der Waals surface area contributed by atoms with Crippen molar-refractivity contribution >= 4 is 17.4 Å². The van der Waals surface area contributed by atoms with E-state index in [1.807, 2.05) is 0 Å². The molecule has 1 saturated carbocycles. The molecule has 1 N–H and O–H groups in total. The highest BCUT2D eigenvalue weighted by atomic mass is 16.6. The summed E-state index contributed by atoms with van der Waals surface area (Å²) in [5, 5.41) is 13.6. The molecule has 2 rings (SSSR count). The van der Waals surface area contributed by atoms with Gasteiger partial charge in [0, 0.05) is 25.2 Å². The fraction of sp³-hybridized carbons (Fsp3) is 0.533. The predicted octanol–water partition coefficient (Wildman–Crippen LogP) is 3.40. The normalized spacial score (nSPS) is 15.2. The fourth-order valence-corrected chi connectivity index (χ4v) is 2.74. The van der Waals surface area contributed by atoms with Gasteiger partial charge in [0.2, 0.25) is 0 Å². The SMILES string of the molecule is COc1ccc([N+](=O)[O-])cc1NC(=O)N(C)C1CCCCC1. The lowest BCUT2D eigenvalue weighted by atomic mass is 9.95. The topological polar surface area (TPSA) is 84.7 Å². The van der Waals surface area contributed by atoms with Gasteiger partial charge in [0.1, 0.15) is 5.75 Å². The Labute approximate surface area is 129 Å². The zero-order valence-electron chi connectivity index (χ0n) is 12.9. The molecule has 2 amide bonds. The van der Waals surface area contributed by atoms with Gasteiger partial charge in [-0.25, -0.2) is 4.79 Å². The zero-order valence-corrected chi connectivity index (χ0v) is 12.9. The number of urea groups is 1. The number of amides is 2. The van der Waals surface area contributed by atoms with Gasteiger partial charge in [0.25, 0.3) is 5.69 Å². The van der Waals surface area contributed by atoms with Crippen molar-refractivity contribution in [2.24, 2.45) is 0 Å². The standard InChI is InChI=1S/C15H21N3O4/c1-17(11-6-4-3-5-7-11)15(19)16-13-10-12(18(20)21)8-9-14(13)22-2/h8-11H,3-7H2,1-2H3,(H,16,19). The van der Waals surface area contributed by atoms with Crippen molar-refractivity contribution in [1.82, 2.24) is 4.90 Å². The van der Waals surface area contributed by atoms with Gasteiger partial charge in [-0.15, -0.1) is 0 Å². The van der Waals surface area contributed by atoms with E-state index in [4.69, 9.17) is 4.74 Å². The minimum Gasteiger partial charge on any atom is -0.495 e. The smallest absolute Gasteiger partial charge is 0.321 e. The summed E-state index contributed by atoms with van der Waals surface area (Å²) < 4.78 is 5.15. The Morgan fingerprint density at radius 1 is 1.36 bits per heavy atom. The van der Waals surface area contributed by atoms with Crippen molar-refractivity contribution in [3.8, 4) is 5.75 Å². The van der Waals surface area contributed by atoms with E-state index in [2.05, 4.69) is 5.32 Å². The quantitative estimate of drug-likeness (QED) is 0.682. The number of nitro groups is 1. The van der Waals surface area contributed by atoms with Crippen molar-refractivity contribution in [3.63, 3.8) is 0 Å². The third-order valence-corrected chi connectivity index (χ3v) is 4.08. The number of ether oxygens (including phenoxy) is 1. The Morgan fingerprint density at radius 2 is 2.05 bits per heavy atom. The molecule has 1 fully saturated rings. The van der Waals surface area contributed by atoms with Crippen LogP contribution in [0.25, 0.3) is 0 Å². The maximum absolute atomic E-state index is 12.4. The largest absolute Gasteiger partial charge is 0.495 e. The summed E-state index contributed by atoms with van der Waals surface area (Å²) in [6.07, 6.45) is 5.46. The number of hydrogen-bond donors (Lipinski definition) is 1. The monoisotopic (exact) mass is 307 g/mol. The van der Waals surface area contributed by atoms with E-state index in [-0.39, 0.29) is 17.8 Å². The molecule has 0 aromatic heterocycles. The molecule has 7 nitrogen and oxygen atoms in total. The van der Waals surface area contributed by atoms with Crippen molar-refractivity contribution in [2.75, 3.05) is 19.5 Å². The molecule has 0 bridgehead atoms. The number of non-ortho nitro benzene ring substituents is 1. The molecule has 0 spiro atoms. The second kappa shape index (κ2) is 7.11. The highest BCUT2D eigenvalue weighted by Gasteiger charge is 2.23. The average molecular weight is 307 g/mol. The van der Waals surface area contributed by atoms with Crippen LogP contribution in [0, 0.1) is 10.1 Å². The summed E-state index contributed by atoms with van der Waals surface area (Å²) in [4.78, 5) is 24.4. The van der Waals surface area contributed by atoms with Crippen LogP contribution >= 0.6 is 0 Å². The molecule has 1 aliphatic rings. The second-order valence-corrected chi connectivity index (χ2v) is 5.47. The molecule has 120 valence electrons. The van der Waals surface area contributed by atoms with Gasteiger partial charge in [0.15, 0.2) is 0 Å². The number of carbonyl (C=O) groups excluding carboxylic acids is 1. The van der Waals surface area contributed by atoms with Crippen LogP contribution in [-0.2, 0) is 0 Å². The maximum atomic E-state index is 12.4. The van der Waals surface area contributed by atoms with Gasteiger partial charge in [-0.3, -0.25) is 10.1 Å². The van der Waals surface area contributed by atoms with Crippen LogP contribution in [0.4, 0.5) is 16.2 Å². The Hall–Kier alpha value is -2.31. The summed E-state index contributed by atoms with van der Waals surface area (Å²) in [6.45, 7) is 0. The van der Waals surface area contributed by atoms with Gasteiger partial charge in [-0.05, 0) is 18.9 Å². The van der Waals surface area contributed by atoms with E-state index in [1.165, 1.54) is 31.7 Å². The number of anilines is 1. The Bertz CT molecular complexity index is 556. The molecule has 1 aromatic rings. The molecular formula is C15H21N3O4. The number of nitro benzene ring substituents is 1. The molecule has 1 aliphatic carbocycles. The first-order valence-electron chi connectivity index (χ1n) is 7.39. The lowest BCUT2D eigenvalue weighted by Gasteiger charge is -2.31. The lowest BCUT2D eigenvalue weighted by Crippen LogP contribution is -2.40. The third-order valence-electron chi connectivity index (χ3n) is 4.08. The molecule has 0 atom stereocenters. The summed E-state index contributed by atoms with van der Waals surface area (Å²) >= 11 is 0. The highest BCUT2D eigenvalue weighted by molar-refractivity contribution is 5.91. The Morgan fingerprint density at radius 3 is 2.64 bits per heavy atom. The summed E-state index contributed by atoms with van der Waals surface area (Å²) in [7, 11) is 3.22. The number of benzene rings is 1. The number of carbonyl (C=O) groups is 1. The first kappa shape index (κ1) is 16.1. The van der Waals surface area contributed by atoms with Gasteiger partial charge in [-0.2, -0.15) is 0 Å². The van der Waals surface area contributed by atoms with E-state index < -0.39 is 4.92 Å². The third kappa shape index (κ3) is 3.66. The number of methoxy groups -OCH3 is 1. The molecule has 7 heteroatoms. The van der Waals surface area contributed by atoms with Gasteiger partial charge < -0.3 is 15.0 Å². The summed E-state index contributed by atoms with van der Waals surface area (Å²) in [5.74, 6) is 0.399. The van der Waals surface area contributed by atoms with Gasteiger partial charge >= 0.3 is 6.03 Å². The molecular weight excluding hydrogens is 286 g/mol. The molecule has 0 saturated heterocycles. The van der Waals surface area contributed by atoms with Gasteiger partial charge in [0.05, 0.1) is 17.7 Å². The van der Waals surface area contributed by atoms with Crippen molar-refractivity contribution in [2.45, 2.75) is 38.1 Å². The lowest BCUT2D eigenvalue weighted by molar-refractivity contribution is -0.384. The van der Waals surface area contributed by atoms with E-state index in [0.29, 0.717) is 11.4 Å². The van der Waals surface area contributed by atoms with Crippen molar-refractivity contribution in [3.05, 3.63) is 28.3 Å². The van der Waals surface area contributed by atoms with Crippen LogP contribution in [0.2, 0.25) is 0 Å². The van der Waals surface area contributed by atoms with Crippen LogP contribution in [-0.4, -0.2) is 36.1 Å². The average Bonchev–Trinajstić information content (AvgIpc) is 2.54. The predicted molar refractivity (Wildman–Crippen MR) is 83.3 cm³/mol. The maximum Gasteiger partial charge on any atom is 0.321 e. The van der Waals surface area contributed by atoms with E-state index >= 15 is 0 Å². The summed E-state index contributed by atoms with van der Waals surface area (Å²) in [5.41, 5.74) is 0.223. The molecule has 0 aliphatic heterocycles. The molecule has 1 aromatic carbocycles. The second-order valence-electron chi connectivity index (χ2n) is 5.47. The van der Waals surface area contributed by atoms with Crippen LogP contribution < -0.4 is 10.1 Å². The van der Waals surface area contributed by atoms with Crippen LogP contribution in [0.15, 0.2) is 18.2 Å². The number of nitrogens with zero attached hydrogens (tertiary/aromatic N) is 2. The van der Waals surface area contributed by atoms with Crippen LogP contribution in [0.1, 0.15) is 32.1 Å². The first-order valence-corrected chi connectivity index (χ1v) is 7.39. The van der Waals surface area contributed by atoms with Crippen molar-refractivity contribution in [1.29, 1.82) is 0 Å². The molecule has 0 unspecified atom stereocenters. The minimum atomic E-state index is -0.500. The van der Waals surface area contributed by atoms with E-state index in [9.17, 15) is 14.9 Å².